The number of nitrogens with zero attached hydrogens (tertiary/aromatic N) is 4. The summed E-state index contributed by atoms with van der Waals surface area (Å²) in [6.45, 7) is 10.8. The van der Waals surface area contributed by atoms with E-state index in [0.29, 0.717) is 36.9 Å². The first-order valence-electron chi connectivity index (χ1n) is 9.17. The van der Waals surface area contributed by atoms with Crippen molar-refractivity contribution in [3.8, 4) is 0 Å². The summed E-state index contributed by atoms with van der Waals surface area (Å²) >= 11 is 0. The molecule has 2 rings (SSSR count). The Bertz CT molecular complexity index is 592. The Morgan fingerprint density at radius 1 is 1.19 bits per heavy atom. The topological polar surface area (TPSA) is 52.5 Å². The Labute approximate surface area is 153 Å². The molecule has 0 aliphatic carbocycles. The van der Waals surface area contributed by atoms with Crippen LogP contribution >= 0.6 is 0 Å². The van der Waals surface area contributed by atoms with E-state index in [4.69, 9.17) is 0 Å². The summed E-state index contributed by atoms with van der Waals surface area (Å²) in [5.74, 6) is -0.385. The van der Waals surface area contributed by atoms with Crippen molar-refractivity contribution in [3.63, 3.8) is 0 Å². The van der Waals surface area contributed by atoms with E-state index in [2.05, 4.69) is 28.7 Å². The fourth-order valence-corrected chi connectivity index (χ4v) is 3.27. The number of hydrogen-bond donors (Lipinski definition) is 1. The van der Waals surface area contributed by atoms with Gasteiger partial charge in [-0.15, -0.1) is 0 Å². The summed E-state index contributed by atoms with van der Waals surface area (Å²) in [5.41, 5.74) is 0.394. The van der Waals surface area contributed by atoms with E-state index in [0.717, 1.165) is 13.1 Å². The van der Waals surface area contributed by atoms with E-state index < -0.39 is 12.0 Å². The molecule has 1 aliphatic rings. The lowest BCUT2D eigenvalue weighted by molar-refractivity contribution is -0.145. The van der Waals surface area contributed by atoms with Gasteiger partial charge in [0.25, 0.3) is 0 Å². The SMILES string of the molecule is CC(C)CN1CCN(c2cc(C(C)C)nc(C(F)(F)F)n2)CC1CCO. The summed E-state index contributed by atoms with van der Waals surface area (Å²) in [6.07, 6.45) is -3.97. The molecular weight excluding hydrogens is 345 g/mol. The molecule has 1 aromatic heterocycles. The number of halogens is 3. The lowest BCUT2D eigenvalue weighted by atomic mass is 10.1. The number of piperazine rings is 1. The zero-order chi connectivity index (χ0) is 19.5. The molecule has 1 saturated heterocycles. The van der Waals surface area contributed by atoms with Gasteiger partial charge in [-0.1, -0.05) is 27.7 Å². The highest BCUT2D eigenvalue weighted by Gasteiger charge is 2.37. The van der Waals surface area contributed by atoms with Crippen molar-refractivity contribution in [2.45, 2.75) is 52.3 Å². The molecule has 0 radical (unpaired) electrons. The van der Waals surface area contributed by atoms with Gasteiger partial charge in [0.1, 0.15) is 5.82 Å². The Morgan fingerprint density at radius 2 is 1.88 bits per heavy atom. The van der Waals surface area contributed by atoms with Gasteiger partial charge in [-0.05, 0) is 18.3 Å². The van der Waals surface area contributed by atoms with E-state index in [1.165, 1.54) is 0 Å². The molecule has 0 amide bonds. The second-order valence-corrected chi connectivity index (χ2v) is 7.63. The first kappa shape index (κ1) is 20.9. The van der Waals surface area contributed by atoms with Gasteiger partial charge in [0.2, 0.25) is 5.82 Å². The summed E-state index contributed by atoms with van der Waals surface area (Å²) in [5, 5.41) is 9.38. The summed E-state index contributed by atoms with van der Waals surface area (Å²) in [6, 6.07) is 1.76. The monoisotopic (exact) mass is 374 g/mol. The molecule has 1 unspecified atom stereocenters. The molecule has 1 fully saturated rings. The summed E-state index contributed by atoms with van der Waals surface area (Å²) in [4.78, 5) is 11.7. The highest BCUT2D eigenvalue weighted by atomic mass is 19.4. The lowest BCUT2D eigenvalue weighted by Crippen LogP contribution is -2.54. The minimum atomic E-state index is -4.57. The average Bonchev–Trinajstić information content (AvgIpc) is 2.55. The maximum absolute atomic E-state index is 13.2. The third-order valence-corrected chi connectivity index (χ3v) is 4.57. The van der Waals surface area contributed by atoms with Gasteiger partial charge in [0.05, 0.1) is 0 Å². The molecular formula is C18H29F3N4O. The van der Waals surface area contributed by atoms with E-state index >= 15 is 0 Å². The van der Waals surface area contributed by atoms with Crippen LogP contribution in [0.2, 0.25) is 0 Å². The van der Waals surface area contributed by atoms with Crippen molar-refractivity contribution in [1.29, 1.82) is 0 Å². The summed E-state index contributed by atoms with van der Waals surface area (Å²) in [7, 11) is 0. The molecule has 1 N–H and O–H groups in total. The number of aliphatic hydroxyl groups excluding tert-OH is 1. The van der Waals surface area contributed by atoms with Crippen LogP contribution in [-0.2, 0) is 6.18 Å². The molecule has 1 atom stereocenters. The van der Waals surface area contributed by atoms with Crippen molar-refractivity contribution < 1.29 is 18.3 Å². The largest absolute Gasteiger partial charge is 0.451 e. The predicted molar refractivity (Wildman–Crippen MR) is 95.2 cm³/mol. The first-order chi connectivity index (χ1) is 12.1. The third-order valence-electron chi connectivity index (χ3n) is 4.57. The second-order valence-electron chi connectivity index (χ2n) is 7.63. The standard InChI is InChI=1S/C18H29F3N4O/c1-12(2)10-24-6-7-25(11-14(24)5-8-26)16-9-15(13(3)4)22-17(23-16)18(19,20)21/h9,12-14,26H,5-8,10-11H2,1-4H3. The number of alkyl halides is 3. The van der Waals surface area contributed by atoms with Gasteiger partial charge in [0, 0.05) is 50.6 Å². The Morgan fingerprint density at radius 3 is 2.42 bits per heavy atom. The van der Waals surface area contributed by atoms with Crippen molar-refractivity contribution in [3.05, 3.63) is 17.6 Å². The smallest absolute Gasteiger partial charge is 0.396 e. The van der Waals surface area contributed by atoms with Crippen LogP contribution in [0, 0.1) is 5.92 Å². The predicted octanol–water partition coefficient (Wildman–Crippen LogP) is 3.15. The highest BCUT2D eigenvalue weighted by Crippen LogP contribution is 2.30. The minimum Gasteiger partial charge on any atom is -0.396 e. The van der Waals surface area contributed by atoms with Gasteiger partial charge < -0.3 is 10.0 Å². The second kappa shape index (κ2) is 8.52. The van der Waals surface area contributed by atoms with Crippen LogP contribution in [0.1, 0.15) is 51.6 Å². The van der Waals surface area contributed by atoms with E-state index in [1.54, 1.807) is 6.07 Å². The van der Waals surface area contributed by atoms with Crippen molar-refractivity contribution in [2.24, 2.45) is 5.92 Å². The molecule has 0 spiro atoms. The van der Waals surface area contributed by atoms with Gasteiger partial charge in [0.15, 0.2) is 0 Å². The number of hydrogen-bond acceptors (Lipinski definition) is 5. The molecule has 148 valence electrons. The minimum absolute atomic E-state index is 0.0575. The van der Waals surface area contributed by atoms with Gasteiger partial charge in [-0.3, -0.25) is 4.90 Å². The van der Waals surface area contributed by atoms with Crippen molar-refractivity contribution in [1.82, 2.24) is 14.9 Å². The molecule has 26 heavy (non-hydrogen) atoms. The molecule has 0 bridgehead atoms. The molecule has 5 nitrogen and oxygen atoms in total. The van der Waals surface area contributed by atoms with Gasteiger partial charge >= 0.3 is 6.18 Å². The summed E-state index contributed by atoms with van der Waals surface area (Å²) < 4.78 is 39.6. The maximum Gasteiger partial charge on any atom is 0.451 e. The molecule has 2 heterocycles. The quantitative estimate of drug-likeness (QED) is 0.829. The number of rotatable bonds is 6. The number of aliphatic hydroxyl groups is 1. The van der Waals surface area contributed by atoms with Crippen molar-refractivity contribution in [2.75, 3.05) is 37.7 Å². The van der Waals surface area contributed by atoms with Crippen LogP contribution in [-0.4, -0.2) is 58.8 Å². The van der Waals surface area contributed by atoms with Gasteiger partial charge in [-0.2, -0.15) is 13.2 Å². The molecule has 0 saturated carbocycles. The third kappa shape index (κ3) is 5.30. The molecule has 1 aliphatic heterocycles. The van der Waals surface area contributed by atoms with Gasteiger partial charge in [-0.25, -0.2) is 9.97 Å². The van der Waals surface area contributed by atoms with Crippen LogP contribution in [0.5, 0.6) is 0 Å². The van der Waals surface area contributed by atoms with E-state index in [9.17, 15) is 18.3 Å². The fourth-order valence-electron chi connectivity index (χ4n) is 3.27. The molecule has 8 heteroatoms. The number of aromatic nitrogens is 2. The van der Waals surface area contributed by atoms with Crippen LogP contribution in [0.15, 0.2) is 6.07 Å². The highest BCUT2D eigenvalue weighted by molar-refractivity contribution is 5.42. The molecule has 1 aromatic rings. The fraction of sp³-hybridized carbons (Fsp3) is 0.778. The molecule has 0 aromatic carbocycles. The van der Waals surface area contributed by atoms with Crippen LogP contribution in [0.4, 0.5) is 19.0 Å². The van der Waals surface area contributed by atoms with Crippen LogP contribution < -0.4 is 4.90 Å². The Hall–Kier alpha value is -1.41. The van der Waals surface area contributed by atoms with Crippen molar-refractivity contribution >= 4 is 5.82 Å². The van der Waals surface area contributed by atoms with Crippen LogP contribution in [0.3, 0.4) is 0 Å². The van der Waals surface area contributed by atoms with E-state index in [1.807, 2.05) is 18.7 Å². The first-order valence-corrected chi connectivity index (χ1v) is 9.17. The zero-order valence-electron chi connectivity index (χ0n) is 15.9. The van der Waals surface area contributed by atoms with Crippen LogP contribution in [0.25, 0.3) is 0 Å². The zero-order valence-corrected chi connectivity index (χ0v) is 15.9. The Kier molecular flexibility index (Phi) is 6.85. The van der Waals surface area contributed by atoms with E-state index in [-0.39, 0.29) is 18.6 Å². The Balaban J connectivity index is 2.28. The normalized spacial score (nSPS) is 19.6. The maximum atomic E-state index is 13.2. The number of anilines is 1. The lowest BCUT2D eigenvalue weighted by Gasteiger charge is -2.42. The average molecular weight is 374 g/mol.